The highest BCUT2D eigenvalue weighted by atomic mass is 32.2. The molecule has 66 valence electrons. The van der Waals surface area contributed by atoms with E-state index in [1.54, 1.807) is 6.26 Å². The lowest BCUT2D eigenvalue weighted by molar-refractivity contribution is 0.408. The molecule has 0 aromatic heterocycles. The van der Waals surface area contributed by atoms with Crippen LogP contribution in [0.15, 0.2) is 0 Å². The van der Waals surface area contributed by atoms with Gasteiger partial charge < -0.3 is 4.90 Å². The van der Waals surface area contributed by atoms with Crippen LogP contribution in [-0.4, -0.2) is 47.4 Å². The number of rotatable bonds is 2. The molecule has 11 heavy (non-hydrogen) atoms. The summed E-state index contributed by atoms with van der Waals surface area (Å²) in [6.07, 6.45) is 2.72. The summed E-state index contributed by atoms with van der Waals surface area (Å²) in [5, 5.41) is 0. The first kappa shape index (κ1) is 9.03. The third-order valence-corrected chi connectivity index (χ3v) is 2.64. The van der Waals surface area contributed by atoms with E-state index in [-0.39, 0.29) is 0 Å². The van der Waals surface area contributed by atoms with Crippen LogP contribution in [0.5, 0.6) is 0 Å². The van der Waals surface area contributed by atoms with Gasteiger partial charge in [-0.3, -0.25) is 4.21 Å². The van der Waals surface area contributed by atoms with Crippen molar-refractivity contribution < 1.29 is 4.21 Å². The van der Waals surface area contributed by atoms with E-state index in [9.17, 15) is 4.21 Å². The molecular weight excluding hydrogens is 160 g/mol. The molecule has 1 unspecified atom stereocenters. The molecule has 1 aliphatic rings. The van der Waals surface area contributed by atoms with Crippen molar-refractivity contribution in [1.82, 2.24) is 9.62 Å². The summed E-state index contributed by atoms with van der Waals surface area (Å²) in [7, 11) is 0.0640. The number of hydrogen-bond donors (Lipinski definition) is 1. The van der Waals surface area contributed by atoms with Crippen LogP contribution in [0.4, 0.5) is 0 Å². The Kier molecular flexibility index (Phi) is 2.57. The predicted molar refractivity (Wildman–Crippen MR) is 50.2 cm³/mol. The van der Waals surface area contributed by atoms with Crippen molar-refractivity contribution in [2.45, 2.75) is 12.5 Å². The van der Waals surface area contributed by atoms with Gasteiger partial charge >= 0.3 is 0 Å². The number of likely N-dealkylation sites (N-methyl/N-ethyl adjacent to an activating group) is 1. The summed E-state index contributed by atoms with van der Waals surface area (Å²) in [4.78, 5) is 2.23. The van der Waals surface area contributed by atoms with Gasteiger partial charge in [-0.05, 0) is 25.9 Å². The van der Waals surface area contributed by atoms with E-state index in [4.69, 9.17) is 0 Å². The van der Waals surface area contributed by atoms with E-state index in [0.29, 0.717) is 6.04 Å². The highest BCUT2D eigenvalue weighted by molar-refractivity contribution is 7.97. The van der Waals surface area contributed by atoms with Gasteiger partial charge in [0.2, 0.25) is 0 Å². The standard InChI is InChI=1S/C7H16N2OS/c1-9-5-4-7(6-9)8-11(2,3)10/h7H,2,4-6H2,1,3H3,(H,8,10)/t7-,11?/m1/s1. The van der Waals surface area contributed by atoms with Gasteiger partial charge in [0, 0.05) is 28.6 Å². The Morgan fingerprint density at radius 3 is 2.73 bits per heavy atom. The van der Waals surface area contributed by atoms with Crippen molar-refractivity contribution in [2.24, 2.45) is 0 Å². The van der Waals surface area contributed by atoms with Gasteiger partial charge in [0.15, 0.2) is 0 Å². The Balaban J connectivity index is 2.41. The normalized spacial score (nSPS) is 32.0. The van der Waals surface area contributed by atoms with Crippen LogP contribution in [0.1, 0.15) is 6.42 Å². The van der Waals surface area contributed by atoms with Crippen LogP contribution >= 0.6 is 0 Å². The van der Waals surface area contributed by atoms with Crippen LogP contribution in [0.3, 0.4) is 0 Å². The van der Waals surface area contributed by atoms with E-state index in [1.165, 1.54) is 0 Å². The second-order valence-electron chi connectivity index (χ2n) is 3.37. The Morgan fingerprint density at radius 2 is 2.36 bits per heavy atom. The van der Waals surface area contributed by atoms with Crippen molar-refractivity contribution in [3.63, 3.8) is 0 Å². The van der Waals surface area contributed by atoms with Crippen molar-refractivity contribution in [3.05, 3.63) is 0 Å². The number of hydrogen-bond acceptors (Lipinski definition) is 2. The third-order valence-electron chi connectivity index (χ3n) is 1.81. The molecule has 1 fully saturated rings. The molecule has 2 atom stereocenters. The fraction of sp³-hybridized carbons (Fsp3) is 0.857. The summed E-state index contributed by atoms with van der Waals surface area (Å²) in [5.74, 6) is 3.56. The Morgan fingerprint density at radius 1 is 1.73 bits per heavy atom. The summed E-state index contributed by atoms with van der Waals surface area (Å²) in [6.45, 7) is 2.08. The third kappa shape index (κ3) is 3.22. The molecule has 1 N–H and O–H groups in total. The van der Waals surface area contributed by atoms with E-state index in [2.05, 4.69) is 22.5 Å². The highest BCUT2D eigenvalue weighted by Gasteiger charge is 2.19. The second kappa shape index (κ2) is 3.13. The molecule has 4 heteroatoms. The minimum Gasteiger partial charge on any atom is -0.305 e. The molecule has 3 nitrogen and oxygen atoms in total. The first-order valence-corrected chi connectivity index (χ1v) is 5.89. The van der Waals surface area contributed by atoms with E-state index in [0.717, 1.165) is 19.5 Å². The molecule has 1 saturated heterocycles. The van der Waals surface area contributed by atoms with Gasteiger partial charge in [-0.1, -0.05) is 0 Å². The van der Waals surface area contributed by atoms with Gasteiger partial charge in [0.1, 0.15) is 0 Å². The zero-order valence-corrected chi connectivity index (χ0v) is 7.99. The number of nitrogens with zero attached hydrogens (tertiary/aromatic N) is 1. The summed E-state index contributed by atoms with van der Waals surface area (Å²) in [5.41, 5.74) is 0. The predicted octanol–water partition coefficient (Wildman–Crippen LogP) is -0.459. The molecule has 0 aliphatic carbocycles. The van der Waals surface area contributed by atoms with Crippen molar-refractivity contribution >= 4 is 15.6 Å². The maximum absolute atomic E-state index is 11.2. The molecule has 0 aromatic carbocycles. The fourth-order valence-electron chi connectivity index (χ4n) is 1.38. The largest absolute Gasteiger partial charge is 0.305 e. The SMILES string of the molecule is C=S(C)(=O)N[C@@H]1CCN(C)C1. The minimum absolute atomic E-state index is 0.370. The van der Waals surface area contributed by atoms with Crippen LogP contribution < -0.4 is 4.72 Å². The van der Waals surface area contributed by atoms with Crippen molar-refractivity contribution in [3.8, 4) is 0 Å². The molecule has 0 aromatic rings. The average molecular weight is 176 g/mol. The molecule has 0 bridgehead atoms. The zero-order chi connectivity index (χ0) is 8.48. The van der Waals surface area contributed by atoms with Gasteiger partial charge in [0.25, 0.3) is 0 Å². The van der Waals surface area contributed by atoms with Gasteiger partial charge in [-0.2, -0.15) is 0 Å². The molecule has 0 radical (unpaired) electrons. The molecule has 0 spiro atoms. The maximum Gasteiger partial charge on any atom is 0.0328 e. The lowest BCUT2D eigenvalue weighted by Gasteiger charge is -2.13. The molecule has 0 amide bonds. The van der Waals surface area contributed by atoms with Gasteiger partial charge in [-0.25, -0.2) is 4.72 Å². The maximum atomic E-state index is 11.2. The summed E-state index contributed by atoms with van der Waals surface area (Å²) < 4.78 is 14.2. The number of nitrogens with one attached hydrogen (secondary N) is 1. The Bertz CT molecular complexity index is 223. The lowest BCUT2D eigenvalue weighted by atomic mass is 10.3. The summed E-state index contributed by atoms with van der Waals surface area (Å²) >= 11 is 0. The van der Waals surface area contributed by atoms with Crippen molar-refractivity contribution in [2.75, 3.05) is 26.4 Å². The molecule has 1 aliphatic heterocycles. The van der Waals surface area contributed by atoms with Gasteiger partial charge in [0.05, 0.1) is 0 Å². The highest BCUT2D eigenvalue weighted by Crippen LogP contribution is 2.06. The van der Waals surface area contributed by atoms with E-state index >= 15 is 0 Å². The lowest BCUT2D eigenvalue weighted by Crippen LogP contribution is -2.35. The van der Waals surface area contributed by atoms with Crippen LogP contribution in [-0.2, 0) is 9.71 Å². The van der Waals surface area contributed by atoms with E-state index in [1.807, 2.05) is 0 Å². The average Bonchev–Trinajstić information content (AvgIpc) is 2.10. The first-order chi connectivity index (χ1) is 4.97. The fourth-order valence-corrected chi connectivity index (χ4v) is 2.28. The van der Waals surface area contributed by atoms with Crippen LogP contribution in [0.25, 0.3) is 0 Å². The molecule has 1 rings (SSSR count). The molecular formula is C7H16N2OS. The van der Waals surface area contributed by atoms with Crippen molar-refractivity contribution in [1.29, 1.82) is 0 Å². The van der Waals surface area contributed by atoms with Gasteiger partial charge in [-0.15, -0.1) is 0 Å². The topological polar surface area (TPSA) is 32.3 Å². The molecule has 1 heterocycles. The minimum atomic E-state index is -2.01. The number of likely N-dealkylation sites (tertiary alicyclic amines) is 1. The monoisotopic (exact) mass is 176 g/mol. The van der Waals surface area contributed by atoms with Crippen LogP contribution in [0.2, 0.25) is 0 Å². The van der Waals surface area contributed by atoms with Crippen LogP contribution in [0, 0.1) is 0 Å². The second-order valence-corrected chi connectivity index (χ2v) is 5.62. The van der Waals surface area contributed by atoms with E-state index < -0.39 is 9.71 Å². The molecule has 0 saturated carbocycles. The Labute approximate surface area is 68.9 Å². The summed E-state index contributed by atoms with van der Waals surface area (Å²) in [6, 6.07) is 0.370. The smallest absolute Gasteiger partial charge is 0.0328 e. The quantitative estimate of drug-likeness (QED) is 0.578. The first-order valence-electron chi connectivity index (χ1n) is 3.75. The zero-order valence-electron chi connectivity index (χ0n) is 7.17. The Hall–Kier alpha value is -0.0600.